The third-order valence-electron chi connectivity index (χ3n) is 6.63. The Morgan fingerprint density at radius 3 is 2.03 bits per heavy atom. The van der Waals surface area contributed by atoms with Crippen molar-refractivity contribution in [1.29, 1.82) is 0 Å². The summed E-state index contributed by atoms with van der Waals surface area (Å²) in [4.78, 5) is 35.8. The van der Waals surface area contributed by atoms with Crippen LogP contribution in [0.15, 0.2) is 42.5 Å². The van der Waals surface area contributed by atoms with Crippen molar-refractivity contribution in [2.24, 2.45) is 11.8 Å². The number of hydrogen-bond donors (Lipinski definition) is 3. The van der Waals surface area contributed by atoms with Crippen molar-refractivity contribution in [3.05, 3.63) is 69.7 Å². The average Bonchev–Trinajstić information content (AvgIpc) is 2.83. The standard InChI is InChI=1S/C26H31ClN2O4/c1-16-15-22(11-12-23(16)27)25(31)29-14-13-28-24(30)21-9-7-20(8-10-21)19-5-3-18(4-6-19)17(2)26(32)33/h7-12,15,17-19H,3-6,13-14H2,1-2H3,(H,28,30)(H,29,31)(H,32,33). The number of carbonyl (C=O) groups excluding carboxylic acids is 2. The summed E-state index contributed by atoms with van der Waals surface area (Å²) in [5, 5.41) is 15.4. The number of aliphatic carboxylic acids is 1. The molecule has 3 N–H and O–H groups in total. The minimum Gasteiger partial charge on any atom is -0.481 e. The predicted molar refractivity (Wildman–Crippen MR) is 129 cm³/mol. The Kier molecular flexibility index (Phi) is 8.50. The summed E-state index contributed by atoms with van der Waals surface area (Å²) in [5.74, 6) is -0.748. The largest absolute Gasteiger partial charge is 0.481 e. The van der Waals surface area contributed by atoms with E-state index in [9.17, 15) is 19.5 Å². The molecule has 2 amide bonds. The van der Waals surface area contributed by atoms with Gasteiger partial charge in [0.15, 0.2) is 0 Å². The molecule has 0 saturated heterocycles. The van der Waals surface area contributed by atoms with E-state index in [0.29, 0.717) is 35.2 Å². The third-order valence-corrected chi connectivity index (χ3v) is 7.05. The minimum atomic E-state index is -0.714. The number of hydrogen-bond acceptors (Lipinski definition) is 3. The van der Waals surface area contributed by atoms with Gasteiger partial charge in [0.05, 0.1) is 5.92 Å². The number of nitrogens with one attached hydrogen (secondary N) is 2. The van der Waals surface area contributed by atoms with Crippen molar-refractivity contribution in [1.82, 2.24) is 10.6 Å². The maximum atomic E-state index is 12.4. The SMILES string of the molecule is Cc1cc(C(=O)NCCNC(=O)c2ccc(C3CCC(C(C)C(=O)O)CC3)cc2)ccc1Cl. The van der Waals surface area contributed by atoms with E-state index in [2.05, 4.69) is 10.6 Å². The highest BCUT2D eigenvalue weighted by Gasteiger charge is 2.29. The average molecular weight is 471 g/mol. The van der Waals surface area contributed by atoms with Gasteiger partial charge in [-0.1, -0.05) is 30.7 Å². The molecule has 0 radical (unpaired) electrons. The molecule has 7 heteroatoms. The number of rotatable bonds is 8. The van der Waals surface area contributed by atoms with Crippen LogP contribution >= 0.6 is 11.6 Å². The smallest absolute Gasteiger partial charge is 0.306 e. The molecule has 0 heterocycles. The molecule has 33 heavy (non-hydrogen) atoms. The molecule has 1 saturated carbocycles. The maximum Gasteiger partial charge on any atom is 0.306 e. The van der Waals surface area contributed by atoms with Crippen molar-refractivity contribution in [2.45, 2.75) is 45.4 Å². The molecule has 176 valence electrons. The van der Waals surface area contributed by atoms with Crippen LogP contribution in [0.1, 0.15) is 70.4 Å². The monoisotopic (exact) mass is 470 g/mol. The Morgan fingerprint density at radius 2 is 1.48 bits per heavy atom. The van der Waals surface area contributed by atoms with E-state index in [4.69, 9.17) is 11.6 Å². The zero-order chi connectivity index (χ0) is 24.0. The third kappa shape index (κ3) is 6.57. The molecule has 1 atom stereocenters. The molecule has 1 aliphatic rings. The second-order valence-electron chi connectivity index (χ2n) is 8.84. The zero-order valence-corrected chi connectivity index (χ0v) is 19.8. The van der Waals surface area contributed by atoms with E-state index in [1.165, 1.54) is 5.56 Å². The van der Waals surface area contributed by atoms with Crippen molar-refractivity contribution < 1.29 is 19.5 Å². The highest BCUT2D eigenvalue weighted by Crippen LogP contribution is 2.38. The van der Waals surface area contributed by atoms with Gasteiger partial charge in [-0.3, -0.25) is 14.4 Å². The van der Waals surface area contributed by atoms with Crippen LogP contribution in [-0.2, 0) is 4.79 Å². The van der Waals surface area contributed by atoms with Gasteiger partial charge in [-0.15, -0.1) is 0 Å². The lowest BCUT2D eigenvalue weighted by atomic mass is 9.74. The fraction of sp³-hybridized carbons (Fsp3) is 0.423. The van der Waals surface area contributed by atoms with Crippen LogP contribution < -0.4 is 10.6 Å². The normalized spacial score (nSPS) is 18.9. The van der Waals surface area contributed by atoms with Gasteiger partial charge in [-0.25, -0.2) is 0 Å². The quantitative estimate of drug-likeness (QED) is 0.483. The Morgan fingerprint density at radius 1 is 0.939 bits per heavy atom. The van der Waals surface area contributed by atoms with Gasteiger partial charge < -0.3 is 15.7 Å². The van der Waals surface area contributed by atoms with E-state index < -0.39 is 5.97 Å². The van der Waals surface area contributed by atoms with Crippen molar-refractivity contribution in [3.63, 3.8) is 0 Å². The van der Waals surface area contributed by atoms with Crippen molar-refractivity contribution in [3.8, 4) is 0 Å². The van der Waals surface area contributed by atoms with Crippen molar-refractivity contribution in [2.75, 3.05) is 13.1 Å². The van der Waals surface area contributed by atoms with E-state index >= 15 is 0 Å². The molecule has 0 bridgehead atoms. The van der Waals surface area contributed by atoms with Gasteiger partial charge in [-0.2, -0.15) is 0 Å². The summed E-state index contributed by atoms with van der Waals surface area (Å²) < 4.78 is 0. The molecule has 2 aromatic rings. The van der Waals surface area contributed by atoms with E-state index in [-0.39, 0.29) is 23.7 Å². The fourth-order valence-corrected chi connectivity index (χ4v) is 4.52. The fourth-order valence-electron chi connectivity index (χ4n) is 4.40. The van der Waals surface area contributed by atoms with Crippen LogP contribution in [0.2, 0.25) is 5.02 Å². The number of carboxylic acid groups (broad SMARTS) is 1. The van der Waals surface area contributed by atoms with Gasteiger partial charge in [0.1, 0.15) is 0 Å². The molecule has 0 spiro atoms. The van der Waals surface area contributed by atoms with Gasteiger partial charge in [0.2, 0.25) is 0 Å². The molecular formula is C26H31ClN2O4. The lowest BCUT2D eigenvalue weighted by Crippen LogP contribution is -2.34. The minimum absolute atomic E-state index is 0.183. The van der Waals surface area contributed by atoms with Gasteiger partial charge in [0.25, 0.3) is 11.8 Å². The molecule has 0 aliphatic heterocycles. The second-order valence-corrected chi connectivity index (χ2v) is 9.24. The molecule has 2 aromatic carbocycles. The number of aryl methyl sites for hydroxylation is 1. The van der Waals surface area contributed by atoms with Gasteiger partial charge in [-0.05, 0) is 85.9 Å². The highest BCUT2D eigenvalue weighted by atomic mass is 35.5. The summed E-state index contributed by atoms with van der Waals surface area (Å²) in [6, 6.07) is 12.7. The number of halogens is 1. The number of carboxylic acids is 1. The molecule has 6 nitrogen and oxygen atoms in total. The topological polar surface area (TPSA) is 95.5 Å². The van der Waals surface area contributed by atoms with Gasteiger partial charge >= 0.3 is 5.97 Å². The second kappa shape index (κ2) is 11.3. The van der Waals surface area contributed by atoms with Crippen LogP contribution in [0, 0.1) is 18.8 Å². The van der Waals surface area contributed by atoms with Crippen LogP contribution in [0.4, 0.5) is 0 Å². The molecule has 1 aliphatic carbocycles. The van der Waals surface area contributed by atoms with E-state index in [1.54, 1.807) is 25.1 Å². The van der Waals surface area contributed by atoms with E-state index in [0.717, 1.165) is 31.2 Å². The van der Waals surface area contributed by atoms with Crippen molar-refractivity contribution >= 4 is 29.4 Å². The Labute approximate surface area is 199 Å². The molecular weight excluding hydrogens is 440 g/mol. The predicted octanol–water partition coefficient (Wildman–Crippen LogP) is 4.80. The Hall–Kier alpha value is -2.86. The van der Waals surface area contributed by atoms with Crippen LogP contribution in [0.25, 0.3) is 0 Å². The van der Waals surface area contributed by atoms with Crippen LogP contribution in [0.3, 0.4) is 0 Å². The maximum absolute atomic E-state index is 12.4. The molecule has 1 unspecified atom stereocenters. The number of carbonyl (C=O) groups is 3. The summed E-state index contributed by atoms with van der Waals surface area (Å²) in [6.45, 7) is 4.29. The lowest BCUT2D eigenvalue weighted by Gasteiger charge is -2.31. The summed E-state index contributed by atoms with van der Waals surface area (Å²) in [5.41, 5.74) is 3.14. The Balaban J connectivity index is 1.42. The lowest BCUT2D eigenvalue weighted by molar-refractivity contribution is -0.143. The highest BCUT2D eigenvalue weighted by molar-refractivity contribution is 6.31. The number of benzene rings is 2. The van der Waals surface area contributed by atoms with E-state index in [1.807, 2.05) is 31.2 Å². The van der Waals surface area contributed by atoms with Crippen LogP contribution in [0.5, 0.6) is 0 Å². The zero-order valence-electron chi connectivity index (χ0n) is 19.1. The molecule has 1 fully saturated rings. The Bertz CT molecular complexity index is 998. The first-order valence-electron chi connectivity index (χ1n) is 11.4. The summed E-state index contributed by atoms with van der Waals surface area (Å²) in [7, 11) is 0. The van der Waals surface area contributed by atoms with Gasteiger partial charge in [0, 0.05) is 29.2 Å². The first-order chi connectivity index (χ1) is 15.8. The molecule has 0 aromatic heterocycles. The molecule has 3 rings (SSSR count). The number of amides is 2. The van der Waals surface area contributed by atoms with Crippen LogP contribution in [-0.4, -0.2) is 36.0 Å². The summed E-state index contributed by atoms with van der Waals surface area (Å²) >= 11 is 5.99. The first kappa shape index (κ1) is 24.8. The summed E-state index contributed by atoms with van der Waals surface area (Å²) in [6.07, 6.45) is 3.78. The first-order valence-corrected chi connectivity index (χ1v) is 11.8.